The molecule has 0 heterocycles. The van der Waals surface area contributed by atoms with Crippen LogP contribution >= 0.6 is 31.9 Å². The molecule has 0 fully saturated rings. The fourth-order valence-corrected chi connectivity index (χ4v) is 4.16. The van der Waals surface area contributed by atoms with Gasteiger partial charge in [-0.1, -0.05) is 0 Å². The molecule has 2 rings (SSSR count). The maximum absolute atomic E-state index is 12.2. The van der Waals surface area contributed by atoms with Crippen molar-refractivity contribution in [1.29, 1.82) is 0 Å². The van der Waals surface area contributed by atoms with Crippen molar-refractivity contribution in [2.24, 2.45) is 0 Å². The second-order valence-electron chi connectivity index (χ2n) is 7.06. The Morgan fingerprint density at radius 3 is 1.45 bits per heavy atom. The van der Waals surface area contributed by atoms with Gasteiger partial charge in [-0.2, -0.15) is 0 Å². The number of rotatable bonds is 7. The zero-order valence-electron chi connectivity index (χ0n) is 17.0. The minimum Gasteiger partial charge on any atom is -0.388 e. The van der Waals surface area contributed by atoms with E-state index in [9.17, 15) is 9.59 Å². The average molecular weight is 569 g/mol. The van der Waals surface area contributed by atoms with Crippen LogP contribution in [0.25, 0.3) is 0 Å². The zero-order chi connectivity index (χ0) is 20.8. The fourth-order valence-electron chi connectivity index (χ4n) is 3.01. The van der Waals surface area contributed by atoms with Gasteiger partial charge in [0.05, 0.1) is 8.96 Å². The standard InChI is InChI=1S/C22H26Br2N2O2.Co/c1-13-9-17(21(27)19(23)11-13)15(3)25-7-5-6-8-26-16(4)18-10-14(2)12-20(24)22(18)28;/h9-12,25-26H,5-8H2,1-4H3;. The minimum atomic E-state index is 0. The first-order valence-electron chi connectivity index (χ1n) is 9.30. The number of unbranched alkanes of at least 4 members (excludes halogenated alkanes) is 1. The Hall–Kier alpha value is -1.15. The molecule has 0 aliphatic heterocycles. The van der Waals surface area contributed by atoms with Gasteiger partial charge in [-0.05, 0) is 108 Å². The summed E-state index contributed by atoms with van der Waals surface area (Å²) in [5, 5.41) is 6.69. The Kier molecular flexibility index (Phi) is 10.6. The average Bonchev–Trinajstić information content (AvgIpc) is 2.63. The third-order valence-electron chi connectivity index (χ3n) is 4.57. The largest absolute Gasteiger partial charge is 0.388 e. The van der Waals surface area contributed by atoms with Crippen molar-refractivity contribution in [3.8, 4) is 0 Å². The maximum Gasteiger partial charge on any atom is 0.201 e. The van der Waals surface area contributed by atoms with Gasteiger partial charge in [0.1, 0.15) is 0 Å². The molecular formula is C22H26Br2CoN2O2. The van der Waals surface area contributed by atoms with Crippen LogP contribution in [0.3, 0.4) is 0 Å². The molecule has 0 bridgehead atoms. The molecule has 0 unspecified atom stereocenters. The summed E-state index contributed by atoms with van der Waals surface area (Å²) in [6.45, 7) is 9.41. The van der Waals surface area contributed by atoms with E-state index in [2.05, 4.69) is 42.5 Å². The third-order valence-corrected chi connectivity index (χ3v) is 5.75. The number of hydrogen-bond acceptors (Lipinski definition) is 4. The molecule has 2 aliphatic rings. The van der Waals surface area contributed by atoms with Crippen molar-refractivity contribution in [3.05, 3.63) is 67.0 Å². The van der Waals surface area contributed by atoms with E-state index in [1.807, 2.05) is 52.0 Å². The Morgan fingerprint density at radius 1 is 0.759 bits per heavy atom. The van der Waals surface area contributed by atoms with Gasteiger partial charge < -0.3 is 10.6 Å². The van der Waals surface area contributed by atoms with E-state index in [1.54, 1.807) is 0 Å². The molecular weight excluding hydrogens is 543 g/mol. The molecule has 0 aromatic rings. The van der Waals surface area contributed by atoms with Crippen molar-refractivity contribution in [2.75, 3.05) is 13.1 Å². The molecule has 2 N–H and O–H groups in total. The van der Waals surface area contributed by atoms with Crippen molar-refractivity contribution < 1.29 is 26.4 Å². The Morgan fingerprint density at radius 2 is 1.10 bits per heavy atom. The summed E-state index contributed by atoms with van der Waals surface area (Å²) in [7, 11) is 0. The second kappa shape index (κ2) is 11.9. The van der Waals surface area contributed by atoms with Crippen molar-refractivity contribution in [1.82, 2.24) is 10.6 Å². The molecule has 0 saturated heterocycles. The summed E-state index contributed by atoms with van der Waals surface area (Å²) < 4.78 is 1.19. The van der Waals surface area contributed by atoms with E-state index < -0.39 is 0 Å². The van der Waals surface area contributed by atoms with Crippen molar-refractivity contribution >= 4 is 43.4 Å². The van der Waals surface area contributed by atoms with Gasteiger partial charge >= 0.3 is 0 Å². The summed E-state index contributed by atoms with van der Waals surface area (Å²) in [6.07, 6.45) is 9.42. The number of Topliss-reactive ketones (excluding diaryl/α,β-unsaturated/α-hetero) is 2. The first-order chi connectivity index (χ1) is 13.2. The number of halogens is 2. The quantitative estimate of drug-likeness (QED) is 0.331. The minimum absolute atomic E-state index is 0. The fraction of sp³-hybridized carbons (Fsp3) is 0.364. The van der Waals surface area contributed by atoms with Crippen LogP contribution in [-0.2, 0) is 26.4 Å². The molecule has 0 aromatic heterocycles. The van der Waals surface area contributed by atoms with Crippen molar-refractivity contribution in [2.45, 2.75) is 40.5 Å². The molecule has 159 valence electrons. The van der Waals surface area contributed by atoms with Crippen LogP contribution in [0.15, 0.2) is 67.0 Å². The molecule has 0 saturated carbocycles. The van der Waals surface area contributed by atoms with Crippen LogP contribution in [0.1, 0.15) is 40.5 Å². The van der Waals surface area contributed by atoms with Crippen LogP contribution in [0.4, 0.5) is 0 Å². The molecule has 0 amide bonds. The van der Waals surface area contributed by atoms with E-state index in [1.165, 1.54) is 0 Å². The van der Waals surface area contributed by atoms with Gasteiger partial charge in [0.25, 0.3) is 0 Å². The van der Waals surface area contributed by atoms with Crippen LogP contribution in [0.5, 0.6) is 0 Å². The smallest absolute Gasteiger partial charge is 0.201 e. The summed E-state index contributed by atoms with van der Waals surface area (Å²) >= 11 is 6.65. The molecule has 2 aliphatic carbocycles. The first-order valence-corrected chi connectivity index (χ1v) is 10.9. The van der Waals surface area contributed by atoms with E-state index in [0.717, 1.165) is 48.5 Å². The van der Waals surface area contributed by atoms with Gasteiger partial charge in [-0.15, -0.1) is 0 Å². The summed E-state index contributed by atoms with van der Waals surface area (Å²) in [5.74, 6) is 0.0282. The Balaban J connectivity index is 0.00000420. The van der Waals surface area contributed by atoms with Gasteiger partial charge in [-0.25, -0.2) is 0 Å². The predicted molar refractivity (Wildman–Crippen MR) is 122 cm³/mol. The van der Waals surface area contributed by atoms with Gasteiger partial charge in [-0.3, -0.25) is 9.59 Å². The molecule has 0 atom stereocenters. The molecule has 29 heavy (non-hydrogen) atoms. The van der Waals surface area contributed by atoms with Gasteiger partial charge in [0.15, 0.2) is 0 Å². The normalized spacial score (nSPS) is 20.1. The number of allylic oxidation sites excluding steroid dienone is 12. The molecule has 0 spiro atoms. The molecule has 1 radical (unpaired) electrons. The van der Waals surface area contributed by atoms with E-state index >= 15 is 0 Å². The second-order valence-corrected chi connectivity index (χ2v) is 8.77. The monoisotopic (exact) mass is 567 g/mol. The van der Waals surface area contributed by atoms with Gasteiger partial charge in [0, 0.05) is 52.4 Å². The van der Waals surface area contributed by atoms with Crippen LogP contribution < -0.4 is 10.6 Å². The molecule has 0 aromatic carbocycles. The van der Waals surface area contributed by atoms with E-state index in [4.69, 9.17) is 0 Å². The number of carbonyl (C=O) groups excluding carboxylic acids is 2. The maximum atomic E-state index is 12.2. The number of ketones is 2. The summed E-state index contributed by atoms with van der Waals surface area (Å²) in [6, 6.07) is 0. The van der Waals surface area contributed by atoms with E-state index in [0.29, 0.717) is 20.1 Å². The number of hydrogen-bond donors (Lipinski definition) is 2. The predicted octanol–water partition coefficient (Wildman–Crippen LogP) is 5.11. The topological polar surface area (TPSA) is 58.2 Å². The molecule has 4 nitrogen and oxygen atoms in total. The third kappa shape index (κ3) is 7.24. The zero-order valence-corrected chi connectivity index (χ0v) is 21.3. The van der Waals surface area contributed by atoms with E-state index in [-0.39, 0.29) is 28.3 Å². The van der Waals surface area contributed by atoms with Crippen LogP contribution in [0.2, 0.25) is 0 Å². The first kappa shape index (κ1) is 25.9. The van der Waals surface area contributed by atoms with Crippen LogP contribution in [-0.4, -0.2) is 24.7 Å². The van der Waals surface area contributed by atoms with Crippen LogP contribution in [0, 0.1) is 0 Å². The SMILES string of the molecule is CC1=CC(=C(C)NCCCCNC(C)=C2C=C(C)C=C(Br)C2=O)C(=O)C(Br)=C1.[Co]. The van der Waals surface area contributed by atoms with Gasteiger partial charge in [0.2, 0.25) is 11.6 Å². The van der Waals surface area contributed by atoms with Crippen molar-refractivity contribution in [3.63, 3.8) is 0 Å². The summed E-state index contributed by atoms with van der Waals surface area (Å²) in [4.78, 5) is 24.5. The summed E-state index contributed by atoms with van der Waals surface area (Å²) in [5.41, 5.74) is 5.32. The molecule has 7 heteroatoms. The number of nitrogens with one attached hydrogen (secondary N) is 2. The Bertz CT molecular complexity index is 805. The number of carbonyl (C=O) groups is 2. The Labute approximate surface area is 200 Å².